The van der Waals surface area contributed by atoms with Gasteiger partial charge in [-0.25, -0.2) is 8.78 Å². The molecule has 5 heteroatoms. The Balaban J connectivity index is 2.25. The van der Waals surface area contributed by atoms with E-state index in [1.807, 2.05) is 0 Å². The second kappa shape index (κ2) is 5.99. The summed E-state index contributed by atoms with van der Waals surface area (Å²) in [6, 6.07) is 8.19. The predicted octanol–water partition coefficient (Wildman–Crippen LogP) is 4.66. The lowest BCUT2D eigenvalue weighted by Gasteiger charge is -2.13. The van der Waals surface area contributed by atoms with Crippen molar-refractivity contribution >= 4 is 27.5 Å². The molecule has 1 atom stereocenters. The quantitative estimate of drug-likeness (QED) is 0.856. The molecule has 0 radical (unpaired) electrons. The zero-order chi connectivity index (χ0) is 14.0. The van der Waals surface area contributed by atoms with Crippen LogP contribution in [0.4, 0.5) is 8.78 Å². The Bertz CT molecular complexity index is 604. The Morgan fingerprint density at radius 2 is 1.89 bits per heavy atom. The number of aliphatic hydroxyl groups excluding tert-OH is 1. The average molecular weight is 348 g/mol. The Kier molecular flexibility index (Phi) is 4.55. The van der Waals surface area contributed by atoms with Gasteiger partial charge < -0.3 is 5.11 Å². The van der Waals surface area contributed by atoms with Gasteiger partial charge in [-0.1, -0.05) is 33.6 Å². The van der Waals surface area contributed by atoms with Gasteiger partial charge in [0.1, 0.15) is 11.6 Å². The predicted molar refractivity (Wildman–Crippen MR) is 74.2 cm³/mol. The van der Waals surface area contributed by atoms with Crippen molar-refractivity contribution in [2.45, 2.75) is 12.5 Å². The van der Waals surface area contributed by atoms with Gasteiger partial charge in [-0.3, -0.25) is 0 Å². The van der Waals surface area contributed by atoms with E-state index in [0.29, 0.717) is 10.6 Å². The Labute approximate surface area is 123 Å². The Morgan fingerprint density at radius 1 is 1.16 bits per heavy atom. The Morgan fingerprint density at radius 3 is 2.58 bits per heavy atom. The molecule has 0 bridgehead atoms. The van der Waals surface area contributed by atoms with Gasteiger partial charge in [0.15, 0.2) is 0 Å². The molecular weight excluding hydrogens is 338 g/mol. The van der Waals surface area contributed by atoms with Crippen LogP contribution in [-0.2, 0) is 6.42 Å². The molecule has 1 unspecified atom stereocenters. The van der Waals surface area contributed by atoms with Gasteiger partial charge in [0.2, 0.25) is 0 Å². The highest BCUT2D eigenvalue weighted by Crippen LogP contribution is 2.27. The summed E-state index contributed by atoms with van der Waals surface area (Å²) in [6.07, 6.45) is -1.03. The summed E-state index contributed by atoms with van der Waals surface area (Å²) in [5.74, 6) is -1.22. The van der Waals surface area contributed by atoms with Crippen LogP contribution in [0.25, 0.3) is 0 Å². The summed E-state index contributed by atoms with van der Waals surface area (Å²) in [4.78, 5) is 0. The van der Waals surface area contributed by atoms with Crippen molar-refractivity contribution in [2.24, 2.45) is 0 Å². The number of rotatable bonds is 3. The van der Waals surface area contributed by atoms with E-state index >= 15 is 0 Å². The smallest absolute Gasteiger partial charge is 0.129 e. The third kappa shape index (κ3) is 3.53. The summed E-state index contributed by atoms with van der Waals surface area (Å²) >= 11 is 9.30. The number of hydrogen-bond acceptors (Lipinski definition) is 1. The highest BCUT2D eigenvalue weighted by Gasteiger charge is 2.16. The molecular formula is C14H10BrClF2O. The minimum absolute atomic E-state index is 0.0704. The molecule has 0 aliphatic carbocycles. The SMILES string of the molecule is OC(Cc1ccc(Br)cc1Cl)c1cc(F)ccc1F. The minimum atomic E-state index is -1.14. The van der Waals surface area contributed by atoms with E-state index in [0.717, 1.165) is 22.7 Å². The fourth-order valence-electron chi connectivity index (χ4n) is 1.78. The standard InChI is InChI=1S/C14H10BrClF2O/c15-9-2-1-8(12(16)6-9)5-14(19)11-7-10(17)3-4-13(11)18/h1-4,6-7,14,19H,5H2. The molecule has 0 spiro atoms. The highest BCUT2D eigenvalue weighted by molar-refractivity contribution is 9.10. The van der Waals surface area contributed by atoms with E-state index in [-0.39, 0.29) is 12.0 Å². The molecule has 2 aromatic carbocycles. The second-order valence-corrected chi connectivity index (χ2v) is 5.44. The summed E-state index contributed by atoms with van der Waals surface area (Å²) in [5, 5.41) is 10.5. The van der Waals surface area contributed by atoms with Gasteiger partial charge in [0.05, 0.1) is 6.10 Å². The van der Waals surface area contributed by atoms with Crippen LogP contribution in [0, 0.1) is 11.6 Å². The van der Waals surface area contributed by atoms with Gasteiger partial charge in [-0.05, 0) is 35.9 Å². The monoisotopic (exact) mass is 346 g/mol. The van der Waals surface area contributed by atoms with E-state index in [1.165, 1.54) is 0 Å². The molecule has 0 saturated heterocycles. The zero-order valence-corrected chi connectivity index (χ0v) is 12.0. The fourth-order valence-corrected chi connectivity index (χ4v) is 2.53. The molecule has 100 valence electrons. The third-order valence-corrected chi connectivity index (χ3v) is 3.59. The molecule has 0 heterocycles. The second-order valence-electron chi connectivity index (χ2n) is 4.12. The molecule has 0 aliphatic rings. The molecule has 2 rings (SSSR count). The summed E-state index contributed by atoms with van der Waals surface area (Å²) < 4.78 is 27.4. The molecule has 0 aromatic heterocycles. The van der Waals surface area contributed by atoms with E-state index in [4.69, 9.17) is 11.6 Å². The fraction of sp³-hybridized carbons (Fsp3) is 0.143. The lowest BCUT2D eigenvalue weighted by atomic mass is 10.0. The molecule has 0 amide bonds. The van der Waals surface area contributed by atoms with Crippen molar-refractivity contribution in [3.8, 4) is 0 Å². The van der Waals surface area contributed by atoms with Crippen LogP contribution < -0.4 is 0 Å². The summed E-state index contributed by atoms with van der Waals surface area (Å²) in [7, 11) is 0. The summed E-state index contributed by atoms with van der Waals surface area (Å²) in [6.45, 7) is 0. The van der Waals surface area contributed by atoms with Crippen molar-refractivity contribution < 1.29 is 13.9 Å². The van der Waals surface area contributed by atoms with Crippen molar-refractivity contribution in [3.63, 3.8) is 0 Å². The molecule has 0 aliphatic heterocycles. The molecule has 1 N–H and O–H groups in total. The van der Waals surface area contributed by atoms with Gasteiger partial charge in [0, 0.05) is 21.5 Å². The highest BCUT2D eigenvalue weighted by atomic mass is 79.9. The van der Waals surface area contributed by atoms with Crippen LogP contribution in [0.15, 0.2) is 40.9 Å². The van der Waals surface area contributed by atoms with E-state index < -0.39 is 17.7 Å². The van der Waals surface area contributed by atoms with Gasteiger partial charge >= 0.3 is 0 Å². The molecule has 0 saturated carbocycles. The normalized spacial score (nSPS) is 12.5. The molecule has 19 heavy (non-hydrogen) atoms. The zero-order valence-electron chi connectivity index (χ0n) is 9.71. The lowest BCUT2D eigenvalue weighted by Crippen LogP contribution is -2.05. The van der Waals surface area contributed by atoms with Crippen LogP contribution >= 0.6 is 27.5 Å². The first-order valence-corrected chi connectivity index (χ1v) is 6.71. The molecule has 1 nitrogen and oxygen atoms in total. The first-order chi connectivity index (χ1) is 8.97. The number of hydrogen-bond donors (Lipinski definition) is 1. The maximum Gasteiger partial charge on any atom is 0.129 e. The summed E-state index contributed by atoms with van der Waals surface area (Å²) in [5.41, 5.74) is 0.597. The van der Waals surface area contributed by atoms with Crippen molar-refractivity contribution in [3.05, 3.63) is 68.7 Å². The van der Waals surface area contributed by atoms with Gasteiger partial charge in [0.25, 0.3) is 0 Å². The number of aliphatic hydroxyl groups is 1. The van der Waals surface area contributed by atoms with Crippen molar-refractivity contribution in [1.29, 1.82) is 0 Å². The maximum atomic E-state index is 13.5. The van der Waals surface area contributed by atoms with Crippen molar-refractivity contribution in [2.75, 3.05) is 0 Å². The first kappa shape index (κ1) is 14.4. The first-order valence-electron chi connectivity index (χ1n) is 5.54. The van der Waals surface area contributed by atoms with Crippen LogP contribution in [0.2, 0.25) is 5.02 Å². The van der Waals surface area contributed by atoms with E-state index in [2.05, 4.69) is 15.9 Å². The van der Waals surface area contributed by atoms with E-state index in [1.54, 1.807) is 18.2 Å². The van der Waals surface area contributed by atoms with Crippen molar-refractivity contribution in [1.82, 2.24) is 0 Å². The number of benzene rings is 2. The molecule has 2 aromatic rings. The van der Waals surface area contributed by atoms with E-state index in [9.17, 15) is 13.9 Å². The molecule has 0 fully saturated rings. The van der Waals surface area contributed by atoms with Crippen LogP contribution in [0.3, 0.4) is 0 Å². The lowest BCUT2D eigenvalue weighted by molar-refractivity contribution is 0.173. The minimum Gasteiger partial charge on any atom is -0.388 e. The van der Waals surface area contributed by atoms with Gasteiger partial charge in [-0.2, -0.15) is 0 Å². The largest absolute Gasteiger partial charge is 0.388 e. The number of halogens is 4. The third-order valence-electron chi connectivity index (χ3n) is 2.75. The van der Waals surface area contributed by atoms with Crippen LogP contribution in [-0.4, -0.2) is 5.11 Å². The van der Waals surface area contributed by atoms with Crippen LogP contribution in [0.1, 0.15) is 17.2 Å². The Hall–Kier alpha value is -0.970. The van der Waals surface area contributed by atoms with Crippen LogP contribution in [0.5, 0.6) is 0 Å². The topological polar surface area (TPSA) is 20.2 Å². The maximum absolute atomic E-state index is 13.5. The average Bonchev–Trinajstić information content (AvgIpc) is 2.35. The van der Waals surface area contributed by atoms with Gasteiger partial charge in [-0.15, -0.1) is 0 Å².